The topological polar surface area (TPSA) is 66.8 Å². The van der Waals surface area contributed by atoms with Crippen LogP contribution in [-0.4, -0.2) is 40.8 Å². The minimum Gasteiger partial charge on any atom is -0.478 e. The van der Waals surface area contributed by atoms with Crippen molar-refractivity contribution in [1.29, 1.82) is 0 Å². The van der Waals surface area contributed by atoms with E-state index in [1.54, 1.807) is 17.0 Å². The Labute approximate surface area is 136 Å². The fourth-order valence-electron chi connectivity index (χ4n) is 3.68. The lowest BCUT2D eigenvalue weighted by Gasteiger charge is -2.33. The number of amides is 1. The molecule has 2 unspecified atom stereocenters. The summed E-state index contributed by atoms with van der Waals surface area (Å²) in [5.74, 6) is -0.556. The number of carboxylic acids is 1. The summed E-state index contributed by atoms with van der Waals surface area (Å²) < 4.78 is 5.44. The zero-order valence-electron chi connectivity index (χ0n) is 13.8. The Morgan fingerprint density at radius 3 is 2.61 bits per heavy atom. The predicted octanol–water partition coefficient (Wildman–Crippen LogP) is 3.28. The van der Waals surface area contributed by atoms with Crippen molar-refractivity contribution >= 4 is 12.1 Å². The Balaban J connectivity index is 1.74. The number of aromatic carboxylic acids is 1. The number of benzene rings is 1. The van der Waals surface area contributed by atoms with Crippen LogP contribution in [0.4, 0.5) is 4.79 Å². The summed E-state index contributed by atoms with van der Waals surface area (Å²) in [5.41, 5.74) is 0.737. The molecule has 1 saturated heterocycles. The van der Waals surface area contributed by atoms with Crippen LogP contribution in [-0.2, 0) is 10.2 Å². The van der Waals surface area contributed by atoms with E-state index in [-0.39, 0.29) is 11.5 Å². The largest absolute Gasteiger partial charge is 0.478 e. The molecule has 23 heavy (non-hydrogen) atoms. The summed E-state index contributed by atoms with van der Waals surface area (Å²) >= 11 is 0. The Morgan fingerprint density at radius 1 is 1.30 bits per heavy atom. The van der Waals surface area contributed by atoms with Crippen LogP contribution >= 0.6 is 0 Å². The molecule has 1 saturated carbocycles. The Bertz CT molecular complexity index is 649. The highest BCUT2D eigenvalue weighted by molar-refractivity contribution is 5.90. The van der Waals surface area contributed by atoms with Gasteiger partial charge in [0.05, 0.1) is 5.56 Å². The minimum atomic E-state index is -0.879. The number of carbonyl (C=O) groups is 2. The highest BCUT2D eigenvalue weighted by atomic mass is 16.6. The standard InChI is InChI=1S/C18H23NO4/c1-17(2,3)23-16(22)19-9-8-18(10-12(18)11-19)14-7-5-4-6-13(14)15(20)21/h4-7,12H,8-11H2,1-3H3,(H,20,21). The molecule has 0 spiro atoms. The summed E-state index contributed by atoms with van der Waals surface area (Å²) in [6.45, 7) is 6.83. The molecular formula is C18H23NO4. The molecular weight excluding hydrogens is 294 g/mol. The molecule has 1 aromatic rings. The molecule has 2 aliphatic rings. The van der Waals surface area contributed by atoms with Crippen LogP contribution in [0.5, 0.6) is 0 Å². The second kappa shape index (κ2) is 5.25. The lowest BCUT2D eigenvalue weighted by molar-refractivity contribution is 0.0197. The summed E-state index contributed by atoms with van der Waals surface area (Å²) in [6.07, 6.45) is 1.46. The van der Waals surface area contributed by atoms with Crippen molar-refractivity contribution in [2.75, 3.05) is 13.1 Å². The summed E-state index contributed by atoms with van der Waals surface area (Å²) in [7, 11) is 0. The number of piperidine rings is 1. The minimum absolute atomic E-state index is 0.0759. The molecule has 1 N–H and O–H groups in total. The maximum atomic E-state index is 12.2. The van der Waals surface area contributed by atoms with Crippen molar-refractivity contribution in [2.45, 2.75) is 44.6 Å². The number of hydrogen-bond acceptors (Lipinski definition) is 3. The van der Waals surface area contributed by atoms with Crippen molar-refractivity contribution in [1.82, 2.24) is 4.90 Å². The van der Waals surface area contributed by atoms with Gasteiger partial charge in [0.1, 0.15) is 5.60 Å². The third-order valence-corrected chi connectivity index (χ3v) is 4.85. The normalized spacial score (nSPS) is 26.4. The molecule has 0 bridgehead atoms. The zero-order chi connectivity index (χ0) is 16.8. The van der Waals surface area contributed by atoms with E-state index in [0.717, 1.165) is 18.4 Å². The average molecular weight is 317 g/mol. The molecule has 1 aromatic carbocycles. The highest BCUT2D eigenvalue weighted by Gasteiger charge is 2.59. The molecule has 5 nitrogen and oxygen atoms in total. The van der Waals surface area contributed by atoms with E-state index in [9.17, 15) is 14.7 Å². The van der Waals surface area contributed by atoms with E-state index < -0.39 is 11.6 Å². The van der Waals surface area contributed by atoms with Crippen molar-refractivity contribution in [2.24, 2.45) is 5.92 Å². The van der Waals surface area contributed by atoms with Gasteiger partial charge < -0.3 is 14.7 Å². The first-order valence-electron chi connectivity index (χ1n) is 8.04. The maximum Gasteiger partial charge on any atom is 0.410 e. The number of rotatable bonds is 2. The first-order valence-corrected chi connectivity index (χ1v) is 8.04. The molecule has 2 fully saturated rings. The van der Waals surface area contributed by atoms with Crippen LogP contribution in [0, 0.1) is 5.92 Å². The quantitative estimate of drug-likeness (QED) is 0.909. The zero-order valence-corrected chi connectivity index (χ0v) is 13.8. The van der Waals surface area contributed by atoms with Gasteiger partial charge in [-0.1, -0.05) is 18.2 Å². The van der Waals surface area contributed by atoms with Crippen molar-refractivity contribution in [3.05, 3.63) is 35.4 Å². The smallest absolute Gasteiger partial charge is 0.410 e. The van der Waals surface area contributed by atoms with E-state index in [1.807, 2.05) is 32.9 Å². The molecule has 1 aliphatic carbocycles. The van der Waals surface area contributed by atoms with Gasteiger partial charge in [-0.15, -0.1) is 0 Å². The number of ether oxygens (including phenoxy) is 1. The SMILES string of the molecule is CC(C)(C)OC(=O)N1CCC2(c3ccccc3C(=O)O)CC2C1. The van der Waals surface area contributed by atoms with Gasteiger partial charge in [0.15, 0.2) is 0 Å². The summed E-state index contributed by atoms with van der Waals surface area (Å²) in [6, 6.07) is 7.25. The van der Waals surface area contributed by atoms with Gasteiger partial charge in [-0.2, -0.15) is 0 Å². The van der Waals surface area contributed by atoms with Crippen LogP contribution in [0.2, 0.25) is 0 Å². The molecule has 0 radical (unpaired) electrons. The monoisotopic (exact) mass is 317 g/mol. The van der Waals surface area contributed by atoms with Crippen molar-refractivity contribution in [3.8, 4) is 0 Å². The number of fused-ring (bicyclic) bond motifs is 1. The third kappa shape index (κ3) is 2.92. The summed E-state index contributed by atoms with van der Waals surface area (Å²) in [4.78, 5) is 25.4. The molecule has 5 heteroatoms. The van der Waals surface area contributed by atoms with Crippen molar-refractivity contribution < 1.29 is 19.4 Å². The number of hydrogen-bond donors (Lipinski definition) is 1. The molecule has 1 aliphatic heterocycles. The van der Waals surface area contributed by atoms with Crippen LogP contribution < -0.4 is 0 Å². The lowest BCUT2D eigenvalue weighted by atomic mass is 9.84. The van der Waals surface area contributed by atoms with Crippen LogP contribution in [0.1, 0.15) is 49.5 Å². The van der Waals surface area contributed by atoms with Gasteiger partial charge in [0.2, 0.25) is 0 Å². The Morgan fingerprint density at radius 2 is 2.00 bits per heavy atom. The van der Waals surface area contributed by atoms with Crippen molar-refractivity contribution in [3.63, 3.8) is 0 Å². The second-order valence-corrected chi connectivity index (χ2v) is 7.58. The van der Waals surface area contributed by atoms with E-state index in [1.165, 1.54) is 0 Å². The third-order valence-electron chi connectivity index (χ3n) is 4.85. The Hall–Kier alpha value is -2.04. The van der Waals surface area contributed by atoms with E-state index in [2.05, 4.69) is 0 Å². The fourth-order valence-corrected chi connectivity index (χ4v) is 3.68. The lowest BCUT2D eigenvalue weighted by Crippen LogP contribution is -2.43. The fraction of sp³-hybridized carbons (Fsp3) is 0.556. The maximum absolute atomic E-state index is 12.2. The average Bonchev–Trinajstić information content (AvgIpc) is 3.20. The molecule has 0 aromatic heterocycles. The van der Waals surface area contributed by atoms with Gasteiger partial charge >= 0.3 is 12.1 Å². The second-order valence-electron chi connectivity index (χ2n) is 7.58. The molecule has 3 rings (SSSR count). The van der Waals surface area contributed by atoms with E-state index >= 15 is 0 Å². The van der Waals surface area contributed by atoms with Gasteiger partial charge in [-0.25, -0.2) is 9.59 Å². The molecule has 2 atom stereocenters. The van der Waals surface area contributed by atoms with E-state index in [0.29, 0.717) is 24.6 Å². The number of carbonyl (C=O) groups excluding carboxylic acids is 1. The van der Waals surface area contributed by atoms with E-state index in [4.69, 9.17) is 4.74 Å². The van der Waals surface area contributed by atoms with Crippen LogP contribution in [0.25, 0.3) is 0 Å². The van der Waals surface area contributed by atoms with Gasteiger partial charge in [0.25, 0.3) is 0 Å². The summed E-state index contributed by atoms with van der Waals surface area (Å²) in [5, 5.41) is 9.41. The van der Waals surface area contributed by atoms with Crippen LogP contribution in [0.3, 0.4) is 0 Å². The Kier molecular flexibility index (Phi) is 3.62. The van der Waals surface area contributed by atoms with Crippen LogP contribution in [0.15, 0.2) is 24.3 Å². The number of nitrogens with zero attached hydrogens (tertiary/aromatic N) is 1. The van der Waals surface area contributed by atoms with Gasteiger partial charge in [0, 0.05) is 18.5 Å². The number of likely N-dealkylation sites (tertiary alicyclic amines) is 1. The highest BCUT2D eigenvalue weighted by Crippen LogP contribution is 2.59. The predicted molar refractivity (Wildman–Crippen MR) is 85.6 cm³/mol. The van der Waals surface area contributed by atoms with Gasteiger partial charge in [-0.3, -0.25) is 0 Å². The number of carboxylic acid groups (broad SMARTS) is 1. The van der Waals surface area contributed by atoms with Gasteiger partial charge in [-0.05, 0) is 51.2 Å². The first-order chi connectivity index (χ1) is 10.7. The molecule has 1 amide bonds. The first kappa shape index (κ1) is 15.8. The molecule has 124 valence electrons. The molecule has 1 heterocycles.